The Morgan fingerprint density at radius 1 is 1.19 bits per heavy atom. The summed E-state index contributed by atoms with van der Waals surface area (Å²) in [7, 11) is 0. The number of ether oxygens (including phenoxy) is 2. The van der Waals surface area contributed by atoms with E-state index in [0.717, 1.165) is 0 Å². The molecule has 0 aromatic rings. The highest BCUT2D eigenvalue weighted by atomic mass is 16.6. The Morgan fingerprint density at radius 3 is 2.35 bits per heavy atom. The monoisotopic (exact) mass is 369 g/mol. The fraction of sp³-hybridized carbons (Fsp3) is 0.647. The van der Waals surface area contributed by atoms with Gasteiger partial charge in [0.15, 0.2) is 6.61 Å². The maximum Gasteiger partial charge on any atom is 0.410 e. The molecule has 146 valence electrons. The van der Waals surface area contributed by atoms with Crippen molar-refractivity contribution in [2.45, 2.75) is 39.2 Å². The Morgan fingerprint density at radius 2 is 1.81 bits per heavy atom. The Kier molecular flexibility index (Phi) is 8.08. The van der Waals surface area contributed by atoms with E-state index in [2.05, 4.69) is 11.9 Å². The van der Waals surface area contributed by atoms with E-state index in [1.165, 1.54) is 6.08 Å². The van der Waals surface area contributed by atoms with Gasteiger partial charge < -0.3 is 19.7 Å². The fourth-order valence-corrected chi connectivity index (χ4v) is 2.25. The van der Waals surface area contributed by atoms with Crippen LogP contribution in [0.5, 0.6) is 0 Å². The normalized spacial score (nSPS) is 15.0. The predicted octanol–water partition coefficient (Wildman–Crippen LogP) is 1.19. The van der Waals surface area contributed by atoms with E-state index < -0.39 is 42.1 Å². The Labute approximate surface area is 153 Å². The zero-order valence-corrected chi connectivity index (χ0v) is 15.5. The highest BCUT2D eigenvalue weighted by Gasteiger charge is 2.31. The van der Waals surface area contributed by atoms with E-state index in [0.29, 0.717) is 25.9 Å². The lowest BCUT2D eigenvalue weighted by Crippen LogP contribution is -2.44. The zero-order valence-electron chi connectivity index (χ0n) is 15.5. The van der Waals surface area contributed by atoms with Gasteiger partial charge in [-0.3, -0.25) is 14.9 Å². The number of nitrogens with zero attached hydrogens (tertiary/aromatic N) is 1. The molecule has 2 N–H and O–H groups in total. The van der Waals surface area contributed by atoms with Crippen molar-refractivity contribution in [3.05, 3.63) is 12.7 Å². The molecule has 0 unspecified atom stereocenters. The van der Waals surface area contributed by atoms with Crippen molar-refractivity contribution in [2.75, 3.05) is 26.2 Å². The average molecular weight is 369 g/mol. The lowest BCUT2D eigenvalue weighted by atomic mass is 9.97. The van der Waals surface area contributed by atoms with Gasteiger partial charge in [-0.05, 0) is 33.6 Å². The molecule has 1 aliphatic heterocycles. The number of hydrogen-bond acceptors (Lipinski definition) is 6. The molecule has 9 nitrogen and oxygen atoms in total. The van der Waals surface area contributed by atoms with Crippen LogP contribution in [-0.2, 0) is 19.1 Å². The van der Waals surface area contributed by atoms with E-state index in [-0.39, 0.29) is 6.54 Å². The topological polar surface area (TPSA) is 114 Å². The van der Waals surface area contributed by atoms with Gasteiger partial charge in [0.25, 0.3) is 5.91 Å². The van der Waals surface area contributed by atoms with Gasteiger partial charge in [0, 0.05) is 19.6 Å². The second-order valence-corrected chi connectivity index (χ2v) is 6.90. The quantitative estimate of drug-likeness (QED) is 0.556. The number of esters is 1. The zero-order chi connectivity index (χ0) is 19.7. The molecule has 0 atom stereocenters. The van der Waals surface area contributed by atoms with E-state index in [1.807, 2.05) is 5.32 Å². The van der Waals surface area contributed by atoms with E-state index in [9.17, 15) is 19.2 Å². The first kappa shape index (κ1) is 21.5. The number of urea groups is 1. The van der Waals surface area contributed by atoms with Crippen molar-refractivity contribution < 1.29 is 28.7 Å². The number of carbonyl (C=O) groups is 4. The molecule has 1 saturated heterocycles. The molecule has 0 aromatic heterocycles. The highest BCUT2D eigenvalue weighted by molar-refractivity contribution is 5.95. The Bertz CT molecular complexity index is 547. The van der Waals surface area contributed by atoms with Gasteiger partial charge in [-0.15, -0.1) is 6.58 Å². The number of amides is 4. The van der Waals surface area contributed by atoms with Gasteiger partial charge in [0.1, 0.15) is 5.60 Å². The first-order valence-corrected chi connectivity index (χ1v) is 8.45. The number of rotatable bonds is 5. The molecule has 0 saturated carbocycles. The molecule has 1 heterocycles. The van der Waals surface area contributed by atoms with Crippen molar-refractivity contribution >= 4 is 24.0 Å². The molecule has 0 spiro atoms. The van der Waals surface area contributed by atoms with Crippen LogP contribution in [-0.4, -0.2) is 60.7 Å². The van der Waals surface area contributed by atoms with Crippen LogP contribution in [0, 0.1) is 5.92 Å². The third-order valence-corrected chi connectivity index (χ3v) is 3.49. The summed E-state index contributed by atoms with van der Waals surface area (Å²) in [4.78, 5) is 48.3. The summed E-state index contributed by atoms with van der Waals surface area (Å²) >= 11 is 0. The molecule has 1 aliphatic rings. The largest absolute Gasteiger partial charge is 0.455 e. The first-order chi connectivity index (χ1) is 12.1. The maximum atomic E-state index is 12.0. The summed E-state index contributed by atoms with van der Waals surface area (Å²) in [5, 5.41) is 4.40. The summed E-state index contributed by atoms with van der Waals surface area (Å²) < 4.78 is 10.2. The van der Waals surface area contributed by atoms with Gasteiger partial charge in [0.2, 0.25) is 0 Å². The molecule has 0 radical (unpaired) electrons. The first-order valence-electron chi connectivity index (χ1n) is 8.45. The van der Waals surface area contributed by atoms with Gasteiger partial charge in [-0.25, -0.2) is 9.59 Å². The van der Waals surface area contributed by atoms with Gasteiger partial charge in [-0.1, -0.05) is 6.08 Å². The third-order valence-electron chi connectivity index (χ3n) is 3.49. The number of likely N-dealkylation sites (tertiary alicyclic amines) is 1. The standard InChI is InChI=1S/C17H27N3O6/c1-5-8-18-15(23)19-13(21)11-25-14(22)12-6-9-20(10-7-12)16(24)26-17(2,3)4/h5,12H,1,6-11H2,2-4H3,(H2,18,19,21,23). The number of hydrogen-bond donors (Lipinski definition) is 2. The summed E-state index contributed by atoms with van der Waals surface area (Å²) in [5.74, 6) is -1.63. The number of imide groups is 1. The molecule has 0 aliphatic carbocycles. The lowest BCUT2D eigenvalue weighted by Gasteiger charge is -2.32. The summed E-state index contributed by atoms with van der Waals surface area (Å²) in [6.45, 7) is 9.24. The van der Waals surface area contributed by atoms with Crippen molar-refractivity contribution in [3.8, 4) is 0 Å². The predicted molar refractivity (Wildman–Crippen MR) is 93.2 cm³/mol. The minimum absolute atomic E-state index is 0.217. The second kappa shape index (κ2) is 9.79. The molecular weight excluding hydrogens is 342 g/mol. The molecule has 0 bridgehead atoms. The SMILES string of the molecule is C=CCNC(=O)NC(=O)COC(=O)C1CCN(C(=O)OC(C)(C)C)CC1. The fourth-order valence-electron chi connectivity index (χ4n) is 2.25. The number of piperidine rings is 1. The number of carbonyl (C=O) groups excluding carboxylic acids is 4. The maximum absolute atomic E-state index is 12.0. The Hall–Kier alpha value is -2.58. The highest BCUT2D eigenvalue weighted by Crippen LogP contribution is 2.20. The molecule has 0 aromatic carbocycles. The van der Waals surface area contributed by atoms with E-state index in [4.69, 9.17) is 9.47 Å². The van der Waals surface area contributed by atoms with Crippen LogP contribution in [0.2, 0.25) is 0 Å². The molecular formula is C17H27N3O6. The van der Waals surface area contributed by atoms with Crippen LogP contribution in [0.3, 0.4) is 0 Å². The second-order valence-electron chi connectivity index (χ2n) is 6.90. The summed E-state index contributed by atoms with van der Waals surface area (Å²) in [6, 6.07) is -0.684. The van der Waals surface area contributed by atoms with Crippen molar-refractivity contribution in [2.24, 2.45) is 5.92 Å². The van der Waals surface area contributed by atoms with Crippen LogP contribution in [0.15, 0.2) is 12.7 Å². The smallest absolute Gasteiger partial charge is 0.410 e. The van der Waals surface area contributed by atoms with Crippen molar-refractivity contribution in [1.29, 1.82) is 0 Å². The van der Waals surface area contributed by atoms with Crippen LogP contribution >= 0.6 is 0 Å². The van der Waals surface area contributed by atoms with E-state index in [1.54, 1.807) is 25.7 Å². The average Bonchev–Trinajstić information content (AvgIpc) is 2.56. The van der Waals surface area contributed by atoms with Gasteiger partial charge in [-0.2, -0.15) is 0 Å². The summed E-state index contributed by atoms with van der Waals surface area (Å²) in [6.07, 6.45) is 1.92. The summed E-state index contributed by atoms with van der Waals surface area (Å²) in [5.41, 5.74) is -0.571. The van der Waals surface area contributed by atoms with Gasteiger partial charge >= 0.3 is 18.1 Å². The minimum atomic E-state index is -0.717. The van der Waals surface area contributed by atoms with Crippen LogP contribution in [0.1, 0.15) is 33.6 Å². The molecule has 1 fully saturated rings. The van der Waals surface area contributed by atoms with Crippen LogP contribution in [0.25, 0.3) is 0 Å². The minimum Gasteiger partial charge on any atom is -0.455 e. The number of nitrogens with one attached hydrogen (secondary N) is 2. The van der Waals surface area contributed by atoms with Crippen molar-refractivity contribution in [3.63, 3.8) is 0 Å². The lowest BCUT2D eigenvalue weighted by molar-refractivity contribution is -0.153. The van der Waals surface area contributed by atoms with E-state index >= 15 is 0 Å². The molecule has 9 heteroatoms. The van der Waals surface area contributed by atoms with Crippen molar-refractivity contribution in [1.82, 2.24) is 15.5 Å². The molecule has 1 rings (SSSR count). The van der Waals surface area contributed by atoms with Crippen LogP contribution < -0.4 is 10.6 Å². The van der Waals surface area contributed by atoms with Gasteiger partial charge in [0.05, 0.1) is 5.92 Å². The molecule has 4 amide bonds. The molecule has 26 heavy (non-hydrogen) atoms. The van der Waals surface area contributed by atoms with Crippen LogP contribution in [0.4, 0.5) is 9.59 Å². The third kappa shape index (κ3) is 8.00. The Balaban J connectivity index is 2.31.